The molecule has 1 aromatic heterocycles. The highest BCUT2D eigenvalue weighted by atomic mass is 15.3. The molecule has 1 unspecified atom stereocenters. The molecule has 0 saturated carbocycles. The number of hydrogen-bond acceptors (Lipinski definition) is 2. The number of nitrogens with one attached hydrogen (secondary N) is 1. The van der Waals surface area contributed by atoms with E-state index in [1.807, 2.05) is 18.7 Å². The minimum Gasteiger partial charge on any atom is -0.305 e. The Balaban J connectivity index is 2.41. The van der Waals surface area contributed by atoms with Crippen LogP contribution in [0.3, 0.4) is 0 Å². The second kappa shape index (κ2) is 6.02. The summed E-state index contributed by atoms with van der Waals surface area (Å²) in [5.41, 5.74) is 4.93. The lowest BCUT2D eigenvalue weighted by Crippen LogP contribution is -2.25. The molecular weight excluding hydrogens is 234 g/mol. The first-order chi connectivity index (χ1) is 9.13. The molecule has 3 nitrogen and oxygen atoms in total. The van der Waals surface area contributed by atoms with E-state index in [9.17, 15) is 0 Å². The van der Waals surface area contributed by atoms with Crippen molar-refractivity contribution in [2.45, 2.75) is 33.2 Å². The van der Waals surface area contributed by atoms with Gasteiger partial charge in [-0.15, -0.1) is 0 Å². The highest BCUT2D eigenvalue weighted by Gasteiger charge is 2.18. The van der Waals surface area contributed by atoms with Gasteiger partial charge < -0.3 is 5.32 Å². The van der Waals surface area contributed by atoms with Gasteiger partial charge in [-0.3, -0.25) is 4.68 Å². The summed E-state index contributed by atoms with van der Waals surface area (Å²) in [6.45, 7) is 7.40. The zero-order valence-corrected chi connectivity index (χ0v) is 12.3. The monoisotopic (exact) mass is 257 g/mol. The van der Waals surface area contributed by atoms with E-state index < -0.39 is 0 Å². The third-order valence-corrected chi connectivity index (χ3v) is 3.43. The first kappa shape index (κ1) is 13.8. The van der Waals surface area contributed by atoms with Crippen molar-refractivity contribution in [3.8, 4) is 0 Å². The van der Waals surface area contributed by atoms with E-state index in [2.05, 4.69) is 54.6 Å². The maximum Gasteiger partial charge on any atom is 0.0750 e. The molecular formula is C16H23N3. The fourth-order valence-corrected chi connectivity index (χ4v) is 2.47. The average Bonchev–Trinajstić information content (AvgIpc) is 2.71. The second-order valence-corrected chi connectivity index (χ2v) is 5.08. The molecule has 0 bridgehead atoms. The predicted molar refractivity (Wildman–Crippen MR) is 79.3 cm³/mol. The highest BCUT2D eigenvalue weighted by Crippen LogP contribution is 2.25. The van der Waals surface area contributed by atoms with Gasteiger partial charge in [-0.05, 0) is 44.0 Å². The molecule has 0 aliphatic carbocycles. The summed E-state index contributed by atoms with van der Waals surface area (Å²) in [5.74, 6) is 0. The van der Waals surface area contributed by atoms with E-state index in [1.165, 1.54) is 16.8 Å². The molecule has 0 aliphatic heterocycles. The van der Waals surface area contributed by atoms with E-state index in [0.717, 1.165) is 18.7 Å². The summed E-state index contributed by atoms with van der Waals surface area (Å²) in [7, 11) is 2.02. The highest BCUT2D eigenvalue weighted by molar-refractivity contribution is 5.34. The first-order valence-corrected chi connectivity index (χ1v) is 6.93. The van der Waals surface area contributed by atoms with Gasteiger partial charge in [0, 0.05) is 7.05 Å². The predicted octanol–water partition coefficient (Wildman–Crippen LogP) is 3.13. The SMILES string of the molecule is CCCNC(c1ccccc1C)c1cc(C)nn1C. The summed E-state index contributed by atoms with van der Waals surface area (Å²) < 4.78 is 1.98. The molecule has 0 fully saturated rings. The Morgan fingerprint density at radius 2 is 2.00 bits per heavy atom. The van der Waals surface area contributed by atoms with E-state index in [1.54, 1.807) is 0 Å². The van der Waals surface area contributed by atoms with Gasteiger partial charge in [0.1, 0.15) is 0 Å². The lowest BCUT2D eigenvalue weighted by atomic mass is 9.98. The molecule has 0 saturated heterocycles. The summed E-state index contributed by atoms with van der Waals surface area (Å²) in [6.07, 6.45) is 1.12. The zero-order valence-electron chi connectivity index (χ0n) is 12.3. The standard InChI is InChI=1S/C16H23N3/c1-5-10-17-16(14-9-7-6-8-12(14)2)15-11-13(3)18-19(15)4/h6-9,11,16-17H,5,10H2,1-4H3. The summed E-state index contributed by atoms with van der Waals surface area (Å²) in [5, 5.41) is 8.11. The van der Waals surface area contributed by atoms with E-state index in [-0.39, 0.29) is 6.04 Å². The van der Waals surface area contributed by atoms with Crippen LogP contribution in [0.4, 0.5) is 0 Å². The lowest BCUT2D eigenvalue weighted by molar-refractivity contribution is 0.551. The number of aromatic nitrogens is 2. The van der Waals surface area contributed by atoms with Gasteiger partial charge in [0.15, 0.2) is 0 Å². The third-order valence-electron chi connectivity index (χ3n) is 3.43. The number of hydrogen-bond donors (Lipinski definition) is 1. The van der Waals surface area contributed by atoms with Crippen molar-refractivity contribution in [2.24, 2.45) is 7.05 Å². The van der Waals surface area contributed by atoms with Crippen LogP contribution in [0.25, 0.3) is 0 Å². The molecule has 19 heavy (non-hydrogen) atoms. The van der Waals surface area contributed by atoms with Crippen LogP contribution in [0.15, 0.2) is 30.3 Å². The van der Waals surface area contributed by atoms with Crippen LogP contribution in [0.2, 0.25) is 0 Å². The van der Waals surface area contributed by atoms with Gasteiger partial charge in [-0.2, -0.15) is 5.10 Å². The van der Waals surface area contributed by atoms with Crippen molar-refractivity contribution in [3.63, 3.8) is 0 Å². The molecule has 2 aromatic rings. The Labute approximate surface area is 115 Å². The molecule has 1 heterocycles. The topological polar surface area (TPSA) is 29.9 Å². The van der Waals surface area contributed by atoms with Crippen LogP contribution in [0.1, 0.15) is 41.9 Å². The maximum atomic E-state index is 4.47. The van der Waals surface area contributed by atoms with Crippen molar-refractivity contribution < 1.29 is 0 Å². The Kier molecular flexibility index (Phi) is 4.38. The molecule has 1 atom stereocenters. The lowest BCUT2D eigenvalue weighted by Gasteiger charge is -2.21. The molecule has 0 amide bonds. The molecule has 1 aromatic carbocycles. The molecule has 0 aliphatic rings. The van der Waals surface area contributed by atoms with E-state index in [0.29, 0.717) is 0 Å². The van der Waals surface area contributed by atoms with Crippen LogP contribution >= 0.6 is 0 Å². The maximum absolute atomic E-state index is 4.47. The normalized spacial score (nSPS) is 12.6. The molecule has 102 valence electrons. The third kappa shape index (κ3) is 3.04. The quantitative estimate of drug-likeness (QED) is 0.892. The Morgan fingerprint density at radius 3 is 2.58 bits per heavy atom. The van der Waals surface area contributed by atoms with Crippen molar-refractivity contribution in [1.29, 1.82) is 0 Å². The first-order valence-electron chi connectivity index (χ1n) is 6.93. The summed E-state index contributed by atoms with van der Waals surface area (Å²) in [4.78, 5) is 0. The van der Waals surface area contributed by atoms with Crippen LogP contribution in [0.5, 0.6) is 0 Å². The van der Waals surface area contributed by atoms with Crippen molar-refractivity contribution in [1.82, 2.24) is 15.1 Å². The largest absolute Gasteiger partial charge is 0.305 e. The van der Waals surface area contributed by atoms with Crippen LogP contribution < -0.4 is 5.32 Å². The van der Waals surface area contributed by atoms with Gasteiger partial charge in [-0.25, -0.2) is 0 Å². The van der Waals surface area contributed by atoms with Gasteiger partial charge in [0.2, 0.25) is 0 Å². The van der Waals surface area contributed by atoms with Gasteiger partial charge in [0.05, 0.1) is 17.4 Å². The fraction of sp³-hybridized carbons (Fsp3) is 0.438. The average molecular weight is 257 g/mol. The smallest absolute Gasteiger partial charge is 0.0750 e. The van der Waals surface area contributed by atoms with Crippen LogP contribution in [-0.4, -0.2) is 16.3 Å². The van der Waals surface area contributed by atoms with Crippen molar-refractivity contribution >= 4 is 0 Å². The number of aryl methyl sites for hydroxylation is 3. The van der Waals surface area contributed by atoms with E-state index in [4.69, 9.17) is 0 Å². The van der Waals surface area contributed by atoms with Crippen molar-refractivity contribution in [2.75, 3.05) is 6.54 Å². The number of benzene rings is 1. The molecule has 2 rings (SSSR count). The number of nitrogens with zero attached hydrogens (tertiary/aromatic N) is 2. The Morgan fingerprint density at radius 1 is 1.26 bits per heavy atom. The van der Waals surface area contributed by atoms with Gasteiger partial charge in [0.25, 0.3) is 0 Å². The molecule has 3 heteroatoms. The zero-order chi connectivity index (χ0) is 13.8. The van der Waals surface area contributed by atoms with Crippen LogP contribution in [0, 0.1) is 13.8 Å². The van der Waals surface area contributed by atoms with Crippen molar-refractivity contribution in [3.05, 3.63) is 52.8 Å². The van der Waals surface area contributed by atoms with Gasteiger partial charge >= 0.3 is 0 Å². The van der Waals surface area contributed by atoms with Gasteiger partial charge in [-0.1, -0.05) is 31.2 Å². The molecule has 0 radical (unpaired) electrons. The molecule has 1 N–H and O–H groups in total. The fourth-order valence-electron chi connectivity index (χ4n) is 2.47. The number of rotatable bonds is 5. The second-order valence-electron chi connectivity index (χ2n) is 5.08. The minimum atomic E-state index is 0.215. The molecule has 0 spiro atoms. The minimum absolute atomic E-state index is 0.215. The van der Waals surface area contributed by atoms with Crippen LogP contribution in [-0.2, 0) is 7.05 Å². The Hall–Kier alpha value is -1.61. The summed E-state index contributed by atoms with van der Waals surface area (Å²) in [6, 6.07) is 10.9. The van der Waals surface area contributed by atoms with E-state index >= 15 is 0 Å². The summed E-state index contributed by atoms with van der Waals surface area (Å²) >= 11 is 0. The Bertz CT molecular complexity index is 543.